The Balaban J connectivity index is 1.43. The lowest BCUT2D eigenvalue weighted by Crippen LogP contribution is -2.18. The fraction of sp³-hybridized carbons (Fsp3) is 0.333. The van der Waals surface area contributed by atoms with Gasteiger partial charge < -0.3 is 14.8 Å². The summed E-state index contributed by atoms with van der Waals surface area (Å²) in [4.78, 5) is 18.0. The molecule has 1 N–H and O–H groups in total. The Morgan fingerprint density at radius 2 is 2.03 bits per heavy atom. The largest absolute Gasteiger partial charge is 0.489 e. The Bertz CT molecular complexity index is 1090. The van der Waals surface area contributed by atoms with Gasteiger partial charge in [0.25, 0.3) is 5.91 Å². The number of fused-ring (bicyclic) bond motifs is 1. The van der Waals surface area contributed by atoms with Crippen LogP contribution in [0, 0.1) is 0 Å². The molecule has 5 nitrogen and oxygen atoms in total. The molecule has 2 aliphatic rings. The lowest BCUT2D eigenvalue weighted by molar-refractivity contribution is 0.0682. The Morgan fingerprint density at radius 1 is 1.17 bits per heavy atom. The lowest BCUT2D eigenvalue weighted by Gasteiger charge is -2.16. The van der Waals surface area contributed by atoms with Gasteiger partial charge in [-0.15, -0.1) is 0 Å². The predicted octanol–water partition coefficient (Wildman–Crippen LogP) is 5.58. The van der Waals surface area contributed by atoms with E-state index in [9.17, 15) is 4.79 Å². The number of carbonyl (C=O) groups excluding carboxylic acids is 1. The maximum absolute atomic E-state index is 13.3. The van der Waals surface area contributed by atoms with Crippen molar-refractivity contribution >= 4 is 34.1 Å². The van der Waals surface area contributed by atoms with Gasteiger partial charge in [-0.05, 0) is 56.0 Å². The molecule has 2 fully saturated rings. The number of ether oxygens (including phenoxy) is 2. The first kappa shape index (κ1) is 19.3. The van der Waals surface area contributed by atoms with E-state index in [0.717, 1.165) is 48.9 Å². The van der Waals surface area contributed by atoms with E-state index in [1.807, 2.05) is 30.3 Å². The third-order valence-corrected chi connectivity index (χ3v) is 5.85. The van der Waals surface area contributed by atoms with Crippen molar-refractivity contribution in [3.63, 3.8) is 0 Å². The molecule has 30 heavy (non-hydrogen) atoms. The van der Waals surface area contributed by atoms with E-state index in [1.54, 1.807) is 18.2 Å². The molecule has 1 atom stereocenters. The highest BCUT2D eigenvalue weighted by Gasteiger charge is 2.27. The normalized spacial score (nSPS) is 18.5. The van der Waals surface area contributed by atoms with Gasteiger partial charge in [-0.1, -0.05) is 29.8 Å². The number of amides is 1. The number of nitrogens with zero attached hydrogens (tertiary/aromatic N) is 1. The second-order valence-corrected chi connectivity index (χ2v) is 8.36. The molecule has 2 heterocycles. The standard InChI is InChI=1S/C24H23ClN2O3/c25-16-9-10-23(30-14-17-4-3-11-29-17)22(12-16)27-24(28)19-13-21(15-7-8-15)26-20-6-2-1-5-18(19)20/h1-2,5-6,9-10,12-13,15,17H,3-4,7-8,11,14H2,(H,27,28). The third-order valence-electron chi connectivity index (χ3n) is 5.61. The smallest absolute Gasteiger partial charge is 0.256 e. The molecule has 1 amide bonds. The maximum atomic E-state index is 13.3. The number of aromatic nitrogens is 1. The molecule has 6 heteroatoms. The number of nitrogens with one attached hydrogen (secondary N) is 1. The number of para-hydroxylation sites is 1. The zero-order chi connectivity index (χ0) is 20.5. The molecule has 154 valence electrons. The molecule has 1 aliphatic heterocycles. The van der Waals surface area contributed by atoms with Crippen LogP contribution in [0.1, 0.15) is 47.7 Å². The number of halogens is 1. The predicted molar refractivity (Wildman–Crippen MR) is 118 cm³/mol. The zero-order valence-electron chi connectivity index (χ0n) is 16.6. The Labute approximate surface area is 180 Å². The van der Waals surface area contributed by atoms with Crippen molar-refractivity contribution in [2.24, 2.45) is 0 Å². The van der Waals surface area contributed by atoms with Crippen LogP contribution in [0.25, 0.3) is 10.9 Å². The second-order valence-electron chi connectivity index (χ2n) is 7.93. The van der Waals surface area contributed by atoms with Crippen molar-refractivity contribution in [3.05, 3.63) is 64.8 Å². The first-order chi connectivity index (χ1) is 14.7. The number of pyridine rings is 1. The zero-order valence-corrected chi connectivity index (χ0v) is 17.3. The van der Waals surface area contributed by atoms with Crippen LogP contribution < -0.4 is 10.1 Å². The molecule has 0 spiro atoms. The molecular weight excluding hydrogens is 400 g/mol. The fourth-order valence-electron chi connectivity index (χ4n) is 3.85. The highest BCUT2D eigenvalue weighted by atomic mass is 35.5. The molecule has 0 bridgehead atoms. The van der Waals surface area contributed by atoms with Crippen molar-refractivity contribution in [2.45, 2.75) is 37.7 Å². The van der Waals surface area contributed by atoms with E-state index >= 15 is 0 Å². The quantitative estimate of drug-likeness (QED) is 0.563. The summed E-state index contributed by atoms with van der Waals surface area (Å²) < 4.78 is 11.6. The summed E-state index contributed by atoms with van der Waals surface area (Å²) in [6.45, 7) is 1.23. The molecule has 2 aromatic carbocycles. The van der Waals surface area contributed by atoms with Crippen molar-refractivity contribution in [1.29, 1.82) is 0 Å². The molecule has 1 aliphatic carbocycles. The minimum absolute atomic E-state index is 0.0921. The number of hydrogen-bond donors (Lipinski definition) is 1. The molecule has 1 aromatic heterocycles. The Morgan fingerprint density at radius 3 is 2.83 bits per heavy atom. The van der Waals surface area contributed by atoms with E-state index < -0.39 is 0 Å². The molecule has 5 rings (SSSR count). The van der Waals surface area contributed by atoms with E-state index in [0.29, 0.717) is 34.5 Å². The van der Waals surface area contributed by atoms with Gasteiger partial charge in [-0.25, -0.2) is 0 Å². The fourth-order valence-corrected chi connectivity index (χ4v) is 4.02. The first-order valence-electron chi connectivity index (χ1n) is 10.4. The monoisotopic (exact) mass is 422 g/mol. The summed E-state index contributed by atoms with van der Waals surface area (Å²) in [5.74, 6) is 0.849. The van der Waals surface area contributed by atoms with E-state index in [-0.39, 0.29) is 12.0 Å². The van der Waals surface area contributed by atoms with E-state index in [1.165, 1.54) is 0 Å². The number of carbonyl (C=O) groups is 1. The van der Waals surface area contributed by atoms with Gasteiger partial charge in [0, 0.05) is 28.6 Å². The molecular formula is C24H23ClN2O3. The van der Waals surface area contributed by atoms with Crippen LogP contribution in [0.4, 0.5) is 5.69 Å². The minimum Gasteiger partial charge on any atom is -0.489 e. The summed E-state index contributed by atoms with van der Waals surface area (Å²) in [6.07, 6.45) is 4.39. The van der Waals surface area contributed by atoms with Crippen LogP contribution in [0.15, 0.2) is 48.5 Å². The SMILES string of the molecule is O=C(Nc1cc(Cl)ccc1OCC1CCCO1)c1cc(C2CC2)nc2ccccc12. The average Bonchev–Trinajstić information content (AvgIpc) is 3.48. The summed E-state index contributed by atoms with van der Waals surface area (Å²) >= 11 is 6.20. The number of anilines is 1. The van der Waals surface area contributed by atoms with Gasteiger partial charge in [0.05, 0.1) is 22.9 Å². The van der Waals surface area contributed by atoms with Gasteiger partial charge in [0.1, 0.15) is 12.4 Å². The second kappa shape index (κ2) is 8.25. The van der Waals surface area contributed by atoms with Crippen LogP contribution in [-0.4, -0.2) is 30.2 Å². The van der Waals surface area contributed by atoms with Crippen molar-refractivity contribution in [2.75, 3.05) is 18.5 Å². The number of rotatable bonds is 6. The van der Waals surface area contributed by atoms with Gasteiger partial charge in [0.15, 0.2) is 0 Å². The summed E-state index contributed by atoms with van der Waals surface area (Å²) in [5, 5.41) is 4.38. The summed E-state index contributed by atoms with van der Waals surface area (Å²) in [6, 6.07) is 14.9. The van der Waals surface area contributed by atoms with Crippen LogP contribution in [0.3, 0.4) is 0 Å². The number of hydrogen-bond acceptors (Lipinski definition) is 4. The van der Waals surface area contributed by atoms with Gasteiger partial charge in [0.2, 0.25) is 0 Å². The topological polar surface area (TPSA) is 60.5 Å². The summed E-state index contributed by atoms with van der Waals surface area (Å²) in [7, 11) is 0. The summed E-state index contributed by atoms with van der Waals surface area (Å²) in [5.41, 5.74) is 3.00. The van der Waals surface area contributed by atoms with Crippen molar-refractivity contribution < 1.29 is 14.3 Å². The molecule has 3 aromatic rings. The van der Waals surface area contributed by atoms with Crippen LogP contribution >= 0.6 is 11.6 Å². The Hall–Kier alpha value is -2.63. The minimum atomic E-state index is -0.195. The van der Waals surface area contributed by atoms with Gasteiger partial charge in [-0.2, -0.15) is 0 Å². The van der Waals surface area contributed by atoms with Gasteiger partial charge >= 0.3 is 0 Å². The van der Waals surface area contributed by atoms with Crippen molar-refractivity contribution in [3.8, 4) is 5.75 Å². The first-order valence-corrected chi connectivity index (χ1v) is 10.8. The van der Waals surface area contributed by atoms with E-state index in [4.69, 9.17) is 26.1 Å². The average molecular weight is 423 g/mol. The molecule has 0 radical (unpaired) electrons. The van der Waals surface area contributed by atoms with Gasteiger partial charge in [-0.3, -0.25) is 9.78 Å². The number of benzene rings is 2. The maximum Gasteiger partial charge on any atom is 0.256 e. The molecule has 1 unspecified atom stereocenters. The molecule has 1 saturated carbocycles. The Kier molecular flexibility index (Phi) is 5.32. The van der Waals surface area contributed by atoms with Crippen LogP contribution in [-0.2, 0) is 4.74 Å². The van der Waals surface area contributed by atoms with Crippen LogP contribution in [0.5, 0.6) is 5.75 Å². The highest BCUT2D eigenvalue weighted by molar-refractivity contribution is 6.31. The third kappa shape index (κ3) is 4.13. The van der Waals surface area contributed by atoms with E-state index in [2.05, 4.69) is 5.32 Å². The van der Waals surface area contributed by atoms with Crippen LogP contribution in [0.2, 0.25) is 5.02 Å². The molecule has 1 saturated heterocycles. The highest BCUT2D eigenvalue weighted by Crippen LogP contribution is 2.40. The lowest BCUT2D eigenvalue weighted by atomic mass is 10.1. The van der Waals surface area contributed by atoms with Crippen molar-refractivity contribution in [1.82, 2.24) is 4.98 Å².